The van der Waals surface area contributed by atoms with Crippen molar-refractivity contribution in [2.75, 3.05) is 0 Å². The van der Waals surface area contributed by atoms with Crippen LogP contribution in [0, 0.1) is 0 Å². The Morgan fingerprint density at radius 1 is 0.432 bits per heavy atom. The van der Waals surface area contributed by atoms with Gasteiger partial charge in [-0.25, -0.2) is 15.0 Å². The molecular weight excluding hydrogens is 540 g/mol. The van der Waals surface area contributed by atoms with Crippen LogP contribution in [0.5, 0.6) is 0 Å². The highest BCUT2D eigenvalue weighted by Crippen LogP contribution is 2.37. The van der Waals surface area contributed by atoms with E-state index in [0.717, 1.165) is 55.3 Å². The van der Waals surface area contributed by atoms with Crippen molar-refractivity contribution >= 4 is 43.7 Å². The van der Waals surface area contributed by atoms with E-state index in [2.05, 4.69) is 83.4 Å². The summed E-state index contributed by atoms with van der Waals surface area (Å²) in [5.41, 5.74) is 7.63. The minimum Gasteiger partial charge on any atom is -0.455 e. The first-order valence-electron chi connectivity index (χ1n) is 14.6. The van der Waals surface area contributed by atoms with E-state index in [1.807, 2.05) is 66.7 Å². The molecule has 0 N–H and O–H groups in total. The molecule has 5 heteroatoms. The molecule has 0 unspecified atom stereocenters. The summed E-state index contributed by atoms with van der Waals surface area (Å²) in [6, 6.07) is 49.8. The lowest BCUT2D eigenvalue weighted by Gasteiger charge is -2.10. The summed E-state index contributed by atoms with van der Waals surface area (Å²) in [7, 11) is 0. The summed E-state index contributed by atoms with van der Waals surface area (Å²) in [4.78, 5) is 15.1. The number of para-hydroxylation sites is 4. The number of rotatable bonds is 4. The Bertz CT molecular complexity index is 2490. The monoisotopic (exact) mass is 564 g/mol. The molecule has 3 heterocycles. The van der Waals surface area contributed by atoms with Gasteiger partial charge in [0.05, 0.1) is 16.6 Å². The Balaban J connectivity index is 1.31. The van der Waals surface area contributed by atoms with Gasteiger partial charge in [-0.3, -0.25) is 0 Å². The van der Waals surface area contributed by atoms with Crippen molar-refractivity contribution in [2.24, 2.45) is 0 Å². The summed E-state index contributed by atoms with van der Waals surface area (Å²) in [6.07, 6.45) is 0. The second-order valence-corrected chi connectivity index (χ2v) is 10.9. The third-order valence-electron chi connectivity index (χ3n) is 8.26. The normalized spacial score (nSPS) is 11.6. The molecule has 206 valence electrons. The third kappa shape index (κ3) is 3.83. The van der Waals surface area contributed by atoms with E-state index in [1.54, 1.807) is 0 Å². The maximum atomic E-state index is 6.38. The Morgan fingerprint density at radius 3 is 1.91 bits per heavy atom. The van der Waals surface area contributed by atoms with Gasteiger partial charge < -0.3 is 8.98 Å². The number of nitrogens with zero attached hydrogens (tertiary/aromatic N) is 4. The zero-order valence-corrected chi connectivity index (χ0v) is 23.6. The predicted molar refractivity (Wildman–Crippen MR) is 178 cm³/mol. The predicted octanol–water partition coefficient (Wildman–Crippen LogP) is 9.87. The van der Waals surface area contributed by atoms with Crippen LogP contribution in [0.15, 0.2) is 150 Å². The first-order valence-corrected chi connectivity index (χ1v) is 14.6. The molecule has 0 saturated heterocycles. The molecule has 6 aromatic carbocycles. The van der Waals surface area contributed by atoms with E-state index < -0.39 is 0 Å². The van der Waals surface area contributed by atoms with Gasteiger partial charge >= 0.3 is 0 Å². The molecular formula is C39H24N4O. The van der Waals surface area contributed by atoms with Crippen LogP contribution in [0.4, 0.5) is 0 Å². The molecule has 44 heavy (non-hydrogen) atoms. The molecule has 0 fully saturated rings. The number of hydrogen-bond donors (Lipinski definition) is 0. The van der Waals surface area contributed by atoms with Crippen molar-refractivity contribution in [3.8, 4) is 39.9 Å². The van der Waals surface area contributed by atoms with Crippen molar-refractivity contribution in [2.45, 2.75) is 0 Å². The lowest BCUT2D eigenvalue weighted by atomic mass is 10.1. The minimum absolute atomic E-state index is 0.571. The van der Waals surface area contributed by atoms with Crippen molar-refractivity contribution in [3.63, 3.8) is 0 Å². The van der Waals surface area contributed by atoms with Gasteiger partial charge in [-0.1, -0.05) is 109 Å². The average Bonchev–Trinajstić information content (AvgIpc) is 3.64. The summed E-state index contributed by atoms with van der Waals surface area (Å²) >= 11 is 0. The molecule has 0 aliphatic heterocycles. The first kappa shape index (κ1) is 24.5. The zero-order chi connectivity index (χ0) is 29.0. The molecule has 3 aromatic heterocycles. The van der Waals surface area contributed by atoms with Crippen molar-refractivity contribution in [3.05, 3.63) is 146 Å². The average molecular weight is 565 g/mol. The Labute approximate surface area is 252 Å². The molecule has 5 nitrogen and oxygen atoms in total. The number of benzene rings is 6. The van der Waals surface area contributed by atoms with Gasteiger partial charge in [0.1, 0.15) is 11.2 Å². The van der Waals surface area contributed by atoms with E-state index in [9.17, 15) is 0 Å². The Kier molecular flexibility index (Phi) is 5.43. The zero-order valence-electron chi connectivity index (χ0n) is 23.6. The van der Waals surface area contributed by atoms with E-state index >= 15 is 0 Å². The molecule has 9 rings (SSSR count). The SMILES string of the molecule is c1ccc(-c2nc(-c3ccc4c5ccccc5n(-c5ccccc5)c4c3)nc(-c3cccc4c3oc3ccccc34)n2)cc1. The number of hydrogen-bond acceptors (Lipinski definition) is 4. The van der Waals surface area contributed by atoms with Crippen LogP contribution in [-0.2, 0) is 0 Å². The largest absolute Gasteiger partial charge is 0.455 e. The molecule has 9 aromatic rings. The molecule has 0 radical (unpaired) electrons. The molecule has 0 aliphatic carbocycles. The van der Waals surface area contributed by atoms with Crippen LogP contribution < -0.4 is 0 Å². The van der Waals surface area contributed by atoms with E-state index in [-0.39, 0.29) is 0 Å². The fourth-order valence-electron chi connectivity index (χ4n) is 6.23. The summed E-state index contributed by atoms with van der Waals surface area (Å²) < 4.78 is 8.69. The molecule has 0 saturated carbocycles. The summed E-state index contributed by atoms with van der Waals surface area (Å²) in [5, 5.41) is 4.49. The standard InChI is InChI=1S/C39H24N4O/c1-3-12-25(13-4-1)37-40-38(42-39(41-37)32-19-11-18-31-30-17-8-10-21-35(30)44-36(31)32)26-22-23-29-28-16-7-9-20-33(28)43(34(29)24-26)27-14-5-2-6-15-27/h1-24H. The van der Waals surface area contributed by atoms with E-state index in [4.69, 9.17) is 19.4 Å². The van der Waals surface area contributed by atoms with Gasteiger partial charge in [-0.05, 0) is 36.4 Å². The van der Waals surface area contributed by atoms with Gasteiger partial charge in [0, 0.05) is 38.4 Å². The minimum atomic E-state index is 0.571. The lowest BCUT2D eigenvalue weighted by Crippen LogP contribution is -2.00. The van der Waals surface area contributed by atoms with Gasteiger partial charge in [-0.2, -0.15) is 0 Å². The molecule has 0 bridgehead atoms. The highest BCUT2D eigenvalue weighted by Gasteiger charge is 2.19. The molecule has 0 atom stereocenters. The van der Waals surface area contributed by atoms with Gasteiger partial charge in [0.25, 0.3) is 0 Å². The van der Waals surface area contributed by atoms with Crippen molar-refractivity contribution in [1.29, 1.82) is 0 Å². The van der Waals surface area contributed by atoms with Crippen LogP contribution in [0.25, 0.3) is 83.6 Å². The highest BCUT2D eigenvalue weighted by molar-refractivity contribution is 6.11. The second kappa shape index (κ2) is 9.75. The molecule has 0 amide bonds. The van der Waals surface area contributed by atoms with Gasteiger partial charge in [0.15, 0.2) is 17.5 Å². The number of furan rings is 1. The van der Waals surface area contributed by atoms with Crippen LogP contribution in [0.1, 0.15) is 0 Å². The second-order valence-electron chi connectivity index (χ2n) is 10.9. The molecule has 0 aliphatic rings. The van der Waals surface area contributed by atoms with E-state index in [1.165, 1.54) is 10.8 Å². The number of fused-ring (bicyclic) bond motifs is 6. The Hall–Kier alpha value is -6.07. The van der Waals surface area contributed by atoms with Crippen molar-refractivity contribution < 1.29 is 4.42 Å². The lowest BCUT2D eigenvalue weighted by molar-refractivity contribution is 0.669. The highest BCUT2D eigenvalue weighted by atomic mass is 16.3. The maximum absolute atomic E-state index is 6.38. The fraction of sp³-hybridized carbons (Fsp3) is 0. The first-order chi connectivity index (χ1) is 21.8. The van der Waals surface area contributed by atoms with Crippen molar-refractivity contribution in [1.82, 2.24) is 19.5 Å². The fourth-order valence-corrected chi connectivity index (χ4v) is 6.23. The number of aromatic nitrogens is 4. The van der Waals surface area contributed by atoms with Gasteiger partial charge in [0.2, 0.25) is 0 Å². The quantitative estimate of drug-likeness (QED) is 0.213. The van der Waals surface area contributed by atoms with Gasteiger partial charge in [-0.15, -0.1) is 0 Å². The molecule has 0 spiro atoms. The van der Waals surface area contributed by atoms with Crippen LogP contribution in [-0.4, -0.2) is 19.5 Å². The third-order valence-corrected chi connectivity index (χ3v) is 8.26. The maximum Gasteiger partial charge on any atom is 0.167 e. The van der Waals surface area contributed by atoms with Crippen LogP contribution in [0.2, 0.25) is 0 Å². The Morgan fingerprint density at radius 2 is 1.07 bits per heavy atom. The smallest absolute Gasteiger partial charge is 0.167 e. The summed E-state index contributed by atoms with van der Waals surface area (Å²) in [5.74, 6) is 1.79. The topological polar surface area (TPSA) is 56.7 Å². The van der Waals surface area contributed by atoms with Crippen LogP contribution in [0.3, 0.4) is 0 Å². The van der Waals surface area contributed by atoms with Crippen LogP contribution >= 0.6 is 0 Å². The summed E-state index contributed by atoms with van der Waals surface area (Å²) in [6.45, 7) is 0. The van der Waals surface area contributed by atoms with E-state index in [0.29, 0.717) is 17.5 Å².